The van der Waals surface area contributed by atoms with Gasteiger partial charge < -0.3 is 0 Å². The molecule has 0 bridgehead atoms. The molecule has 3 heteroatoms. The van der Waals surface area contributed by atoms with Crippen molar-refractivity contribution in [3.8, 4) is 11.3 Å². The van der Waals surface area contributed by atoms with Crippen LogP contribution in [0.15, 0.2) is 133 Å². The Morgan fingerprint density at radius 3 is 1.56 bits per heavy atom. The summed E-state index contributed by atoms with van der Waals surface area (Å²) in [7, 11) is 0. The van der Waals surface area contributed by atoms with Crippen molar-refractivity contribution in [2.24, 2.45) is 0 Å². The first kappa shape index (κ1) is 19.5. The molecule has 0 saturated carbocycles. The molecular formula is C29H21N3. The van der Waals surface area contributed by atoms with Gasteiger partial charge in [0.05, 0.1) is 11.9 Å². The van der Waals surface area contributed by atoms with E-state index in [4.69, 9.17) is 0 Å². The van der Waals surface area contributed by atoms with Crippen molar-refractivity contribution in [1.82, 2.24) is 15.0 Å². The van der Waals surface area contributed by atoms with Crippen molar-refractivity contribution in [3.05, 3.63) is 150 Å². The van der Waals surface area contributed by atoms with Gasteiger partial charge >= 0.3 is 0 Å². The van der Waals surface area contributed by atoms with Crippen molar-refractivity contribution in [3.63, 3.8) is 0 Å². The highest BCUT2D eigenvalue weighted by Crippen LogP contribution is 2.28. The molecule has 32 heavy (non-hydrogen) atoms. The summed E-state index contributed by atoms with van der Waals surface area (Å²) < 4.78 is 1.87. The number of hydrogen-bond donors (Lipinski definition) is 0. The van der Waals surface area contributed by atoms with Crippen LogP contribution >= 0.6 is 0 Å². The molecule has 5 aromatic rings. The van der Waals surface area contributed by atoms with E-state index in [1.54, 1.807) is 6.20 Å². The fourth-order valence-corrected chi connectivity index (χ4v) is 3.69. The first-order valence-electron chi connectivity index (χ1n) is 10.5. The summed E-state index contributed by atoms with van der Waals surface area (Å²) in [5.74, 6) is 0. The van der Waals surface area contributed by atoms with Crippen LogP contribution in [-0.2, 0) is 0 Å². The SMILES string of the molecule is C(=C(c1ccccc1)c1ccccc1)=C(c1ccccc1)n1nncc1-c1ccccc1. The molecule has 4 aromatic carbocycles. The van der Waals surface area contributed by atoms with E-state index >= 15 is 0 Å². The molecule has 0 fully saturated rings. The van der Waals surface area contributed by atoms with Gasteiger partial charge in [0.1, 0.15) is 5.70 Å². The van der Waals surface area contributed by atoms with Crippen LogP contribution in [-0.4, -0.2) is 15.0 Å². The molecule has 0 atom stereocenters. The molecule has 0 N–H and O–H groups in total. The van der Waals surface area contributed by atoms with E-state index in [1.165, 1.54) is 0 Å². The van der Waals surface area contributed by atoms with E-state index in [2.05, 4.69) is 64.6 Å². The third kappa shape index (κ3) is 4.06. The summed E-state index contributed by atoms with van der Waals surface area (Å²) in [6, 6.07) is 41.1. The third-order valence-electron chi connectivity index (χ3n) is 5.25. The van der Waals surface area contributed by atoms with Crippen molar-refractivity contribution in [2.45, 2.75) is 0 Å². The van der Waals surface area contributed by atoms with E-state index in [1.807, 2.05) is 77.5 Å². The molecule has 1 aromatic heterocycles. The summed E-state index contributed by atoms with van der Waals surface area (Å²) in [6.07, 6.45) is 1.80. The minimum Gasteiger partial charge on any atom is -0.204 e. The van der Waals surface area contributed by atoms with Crippen LogP contribution in [0.2, 0.25) is 0 Å². The lowest BCUT2D eigenvalue weighted by Gasteiger charge is -2.11. The zero-order valence-corrected chi connectivity index (χ0v) is 17.5. The van der Waals surface area contributed by atoms with Gasteiger partial charge in [-0.1, -0.05) is 132 Å². The van der Waals surface area contributed by atoms with Crippen molar-refractivity contribution in [2.75, 3.05) is 0 Å². The number of nitrogens with zero attached hydrogens (tertiary/aromatic N) is 3. The Morgan fingerprint density at radius 2 is 1.03 bits per heavy atom. The molecule has 5 rings (SSSR count). The van der Waals surface area contributed by atoms with Crippen LogP contribution in [0.5, 0.6) is 0 Å². The zero-order valence-electron chi connectivity index (χ0n) is 17.5. The molecule has 0 aliphatic rings. The predicted molar refractivity (Wildman–Crippen MR) is 130 cm³/mol. The lowest BCUT2D eigenvalue weighted by Crippen LogP contribution is -2.03. The van der Waals surface area contributed by atoms with E-state index in [0.717, 1.165) is 39.2 Å². The highest BCUT2D eigenvalue weighted by molar-refractivity contribution is 5.84. The molecular weight excluding hydrogens is 390 g/mol. The Hall–Kier alpha value is -4.46. The quantitative estimate of drug-likeness (QED) is 0.306. The van der Waals surface area contributed by atoms with E-state index < -0.39 is 0 Å². The zero-order chi connectivity index (χ0) is 21.6. The summed E-state index contributed by atoms with van der Waals surface area (Å²) in [6.45, 7) is 0. The summed E-state index contributed by atoms with van der Waals surface area (Å²) in [4.78, 5) is 0. The molecule has 0 radical (unpaired) electrons. The first-order valence-corrected chi connectivity index (χ1v) is 10.5. The number of hydrogen-bond acceptors (Lipinski definition) is 2. The van der Waals surface area contributed by atoms with E-state index in [0.29, 0.717) is 0 Å². The number of benzene rings is 4. The summed E-state index contributed by atoms with van der Waals surface area (Å²) in [5, 5.41) is 8.70. The van der Waals surface area contributed by atoms with Crippen LogP contribution in [0.3, 0.4) is 0 Å². The minimum absolute atomic E-state index is 0.838. The van der Waals surface area contributed by atoms with Gasteiger partial charge in [-0.3, -0.25) is 0 Å². The Morgan fingerprint density at radius 1 is 0.562 bits per heavy atom. The lowest BCUT2D eigenvalue weighted by atomic mass is 9.98. The first-order chi connectivity index (χ1) is 15.9. The monoisotopic (exact) mass is 411 g/mol. The van der Waals surface area contributed by atoms with Crippen LogP contribution < -0.4 is 0 Å². The van der Waals surface area contributed by atoms with Crippen molar-refractivity contribution < 1.29 is 0 Å². The van der Waals surface area contributed by atoms with Gasteiger partial charge in [-0.15, -0.1) is 5.10 Å². The van der Waals surface area contributed by atoms with E-state index in [-0.39, 0.29) is 0 Å². The van der Waals surface area contributed by atoms with Crippen LogP contribution in [0.1, 0.15) is 16.7 Å². The molecule has 0 amide bonds. The van der Waals surface area contributed by atoms with Gasteiger partial charge in [-0.2, -0.15) is 0 Å². The standard InChI is InChI=1S/C29H21N3/c1-5-13-23(14-6-1)27(24-15-7-2-8-16-24)21-28(25-17-9-3-10-18-25)32-29(22-30-31-32)26-19-11-4-12-20-26/h1-20,22H. The molecule has 152 valence electrons. The smallest absolute Gasteiger partial charge is 0.117 e. The summed E-state index contributed by atoms with van der Waals surface area (Å²) in [5.41, 5.74) is 10.7. The Bertz CT molecular complexity index is 1320. The number of rotatable bonds is 5. The van der Waals surface area contributed by atoms with Crippen LogP contribution in [0.4, 0.5) is 0 Å². The topological polar surface area (TPSA) is 30.7 Å². The second kappa shape index (κ2) is 9.13. The van der Waals surface area contributed by atoms with Crippen LogP contribution in [0.25, 0.3) is 22.5 Å². The van der Waals surface area contributed by atoms with Gasteiger partial charge in [0, 0.05) is 16.7 Å². The number of aromatic nitrogens is 3. The van der Waals surface area contributed by atoms with Gasteiger partial charge in [0.25, 0.3) is 0 Å². The minimum atomic E-state index is 0.838. The van der Waals surface area contributed by atoms with Gasteiger partial charge in [-0.05, 0) is 11.1 Å². The maximum Gasteiger partial charge on any atom is 0.117 e. The summed E-state index contributed by atoms with van der Waals surface area (Å²) >= 11 is 0. The average molecular weight is 412 g/mol. The van der Waals surface area contributed by atoms with Gasteiger partial charge in [0.2, 0.25) is 0 Å². The molecule has 0 saturated heterocycles. The van der Waals surface area contributed by atoms with Gasteiger partial charge in [-0.25, -0.2) is 4.68 Å². The molecule has 0 aliphatic carbocycles. The van der Waals surface area contributed by atoms with Crippen molar-refractivity contribution in [1.29, 1.82) is 0 Å². The van der Waals surface area contributed by atoms with Crippen LogP contribution in [0, 0.1) is 0 Å². The average Bonchev–Trinajstić information content (AvgIpc) is 3.36. The highest BCUT2D eigenvalue weighted by Gasteiger charge is 2.14. The molecule has 3 nitrogen and oxygen atoms in total. The molecule has 0 aliphatic heterocycles. The molecule has 0 unspecified atom stereocenters. The Balaban J connectivity index is 1.84. The molecule has 0 spiro atoms. The predicted octanol–water partition coefficient (Wildman–Crippen LogP) is 6.57. The highest BCUT2D eigenvalue weighted by atomic mass is 15.4. The lowest BCUT2D eigenvalue weighted by molar-refractivity contribution is 0.826. The Labute approximate surface area is 187 Å². The maximum atomic E-state index is 4.46. The fraction of sp³-hybridized carbons (Fsp3) is 0. The maximum absolute atomic E-state index is 4.46. The second-order valence-electron chi connectivity index (χ2n) is 7.34. The van der Waals surface area contributed by atoms with E-state index in [9.17, 15) is 0 Å². The second-order valence-corrected chi connectivity index (χ2v) is 7.34. The largest absolute Gasteiger partial charge is 0.204 e. The third-order valence-corrected chi connectivity index (χ3v) is 5.25. The fourth-order valence-electron chi connectivity index (χ4n) is 3.69. The van der Waals surface area contributed by atoms with Gasteiger partial charge in [0.15, 0.2) is 0 Å². The normalized spacial score (nSPS) is 10.4. The molecule has 1 heterocycles. The van der Waals surface area contributed by atoms with Crippen molar-refractivity contribution >= 4 is 11.3 Å². The Kier molecular flexibility index (Phi) is 5.56.